The standard InChI is InChI=1S/C22H22ClNO2/c1-3-22(25,17-7-11-19(23)12-8-17)18-9-13-21(14-10-18)26-15-20-6-4-5-16(2)24-20/h4-14,25H,3,15H2,1-2H3. The average Bonchev–Trinajstić information content (AvgIpc) is 2.67. The number of aryl methyl sites for hydroxylation is 1. The second-order valence-electron chi connectivity index (χ2n) is 6.30. The summed E-state index contributed by atoms with van der Waals surface area (Å²) in [4.78, 5) is 4.43. The lowest BCUT2D eigenvalue weighted by Gasteiger charge is -2.28. The molecule has 0 fully saturated rings. The maximum Gasteiger partial charge on any atom is 0.130 e. The highest BCUT2D eigenvalue weighted by Crippen LogP contribution is 2.34. The lowest BCUT2D eigenvalue weighted by atomic mass is 9.84. The monoisotopic (exact) mass is 367 g/mol. The van der Waals surface area contributed by atoms with Crippen molar-refractivity contribution in [3.8, 4) is 5.75 Å². The van der Waals surface area contributed by atoms with E-state index in [-0.39, 0.29) is 0 Å². The Morgan fingerprint density at radius 2 is 1.58 bits per heavy atom. The normalized spacial score (nSPS) is 13.2. The fraction of sp³-hybridized carbons (Fsp3) is 0.227. The molecule has 0 aliphatic carbocycles. The molecule has 0 spiro atoms. The third-order valence-electron chi connectivity index (χ3n) is 4.50. The van der Waals surface area contributed by atoms with Crippen LogP contribution < -0.4 is 4.74 Å². The summed E-state index contributed by atoms with van der Waals surface area (Å²) in [5, 5.41) is 11.8. The minimum atomic E-state index is -1.05. The molecule has 1 unspecified atom stereocenters. The topological polar surface area (TPSA) is 42.4 Å². The number of ether oxygens (including phenoxy) is 1. The van der Waals surface area contributed by atoms with Crippen molar-refractivity contribution < 1.29 is 9.84 Å². The van der Waals surface area contributed by atoms with Gasteiger partial charge in [-0.05, 0) is 60.9 Å². The minimum absolute atomic E-state index is 0.413. The second kappa shape index (κ2) is 7.90. The third-order valence-corrected chi connectivity index (χ3v) is 4.75. The summed E-state index contributed by atoms with van der Waals surface area (Å²) in [6.07, 6.45) is 0.558. The van der Waals surface area contributed by atoms with Crippen LogP contribution in [0.15, 0.2) is 66.7 Å². The van der Waals surface area contributed by atoms with Gasteiger partial charge < -0.3 is 9.84 Å². The maximum atomic E-state index is 11.2. The van der Waals surface area contributed by atoms with Crippen molar-refractivity contribution in [3.63, 3.8) is 0 Å². The predicted octanol–water partition coefficient (Wildman–Crippen LogP) is 5.27. The van der Waals surface area contributed by atoms with Gasteiger partial charge in [0.05, 0.1) is 5.69 Å². The number of rotatable bonds is 6. The Morgan fingerprint density at radius 1 is 0.962 bits per heavy atom. The van der Waals surface area contributed by atoms with E-state index in [2.05, 4.69) is 4.98 Å². The number of halogens is 1. The molecule has 0 bridgehead atoms. The van der Waals surface area contributed by atoms with E-state index in [1.165, 1.54) is 0 Å². The lowest BCUT2D eigenvalue weighted by molar-refractivity contribution is 0.0764. The molecule has 3 nitrogen and oxygen atoms in total. The van der Waals surface area contributed by atoms with Gasteiger partial charge in [-0.3, -0.25) is 4.98 Å². The van der Waals surface area contributed by atoms with Gasteiger partial charge in [-0.1, -0.05) is 48.9 Å². The smallest absolute Gasteiger partial charge is 0.130 e. The zero-order valence-corrected chi connectivity index (χ0v) is 15.7. The Kier molecular flexibility index (Phi) is 5.60. The number of hydrogen-bond acceptors (Lipinski definition) is 3. The van der Waals surface area contributed by atoms with Gasteiger partial charge in [0.1, 0.15) is 18.0 Å². The summed E-state index contributed by atoms with van der Waals surface area (Å²) >= 11 is 5.96. The quantitative estimate of drug-likeness (QED) is 0.645. The fourth-order valence-electron chi connectivity index (χ4n) is 2.96. The van der Waals surface area contributed by atoms with Crippen molar-refractivity contribution in [2.45, 2.75) is 32.5 Å². The van der Waals surface area contributed by atoms with Crippen molar-refractivity contribution in [1.82, 2.24) is 4.98 Å². The molecule has 0 radical (unpaired) electrons. The van der Waals surface area contributed by atoms with E-state index < -0.39 is 5.60 Å². The van der Waals surface area contributed by atoms with Gasteiger partial charge in [0.15, 0.2) is 0 Å². The Labute approximate surface area is 159 Å². The van der Waals surface area contributed by atoms with Gasteiger partial charge in [0.2, 0.25) is 0 Å². The van der Waals surface area contributed by atoms with E-state index in [9.17, 15) is 5.11 Å². The first-order chi connectivity index (χ1) is 12.5. The molecule has 0 aliphatic heterocycles. The predicted molar refractivity (Wildman–Crippen MR) is 104 cm³/mol. The third kappa shape index (κ3) is 4.06. The summed E-state index contributed by atoms with van der Waals surface area (Å²) in [6.45, 7) is 4.33. The van der Waals surface area contributed by atoms with Crippen molar-refractivity contribution in [2.75, 3.05) is 0 Å². The highest BCUT2D eigenvalue weighted by atomic mass is 35.5. The van der Waals surface area contributed by atoms with E-state index >= 15 is 0 Å². The van der Waals surface area contributed by atoms with Gasteiger partial charge in [-0.15, -0.1) is 0 Å². The fourth-order valence-corrected chi connectivity index (χ4v) is 3.09. The molecule has 0 saturated carbocycles. The van der Waals surface area contributed by atoms with Crippen LogP contribution in [0.25, 0.3) is 0 Å². The van der Waals surface area contributed by atoms with Gasteiger partial charge in [-0.25, -0.2) is 0 Å². The van der Waals surface area contributed by atoms with E-state index in [1.54, 1.807) is 12.1 Å². The lowest BCUT2D eigenvalue weighted by Crippen LogP contribution is -2.26. The van der Waals surface area contributed by atoms with Crippen molar-refractivity contribution in [1.29, 1.82) is 0 Å². The van der Waals surface area contributed by atoms with Crippen LogP contribution in [0, 0.1) is 6.92 Å². The second-order valence-corrected chi connectivity index (χ2v) is 6.74. The van der Waals surface area contributed by atoms with Gasteiger partial charge in [0.25, 0.3) is 0 Å². The average molecular weight is 368 g/mol. The van der Waals surface area contributed by atoms with E-state index in [1.807, 2.05) is 68.4 Å². The summed E-state index contributed by atoms with van der Waals surface area (Å²) in [5.41, 5.74) is 2.45. The van der Waals surface area contributed by atoms with Crippen LogP contribution in [0.1, 0.15) is 35.9 Å². The molecule has 1 N–H and O–H groups in total. The molecule has 0 aliphatic rings. The van der Waals surface area contributed by atoms with E-state index in [0.29, 0.717) is 18.1 Å². The molecule has 4 heteroatoms. The molecular weight excluding hydrogens is 346 g/mol. The van der Waals surface area contributed by atoms with Crippen LogP contribution >= 0.6 is 11.6 Å². The molecule has 3 aromatic rings. The Bertz CT molecular complexity index is 862. The van der Waals surface area contributed by atoms with Crippen molar-refractivity contribution in [3.05, 3.63) is 94.3 Å². The number of aromatic nitrogens is 1. The summed E-state index contributed by atoms with van der Waals surface area (Å²) in [7, 11) is 0. The summed E-state index contributed by atoms with van der Waals surface area (Å²) in [5.74, 6) is 0.742. The van der Waals surface area contributed by atoms with Crippen LogP contribution in [-0.2, 0) is 12.2 Å². The molecule has 1 heterocycles. The van der Waals surface area contributed by atoms with E-state index in [0.717, 1.165) is 28.3 Å². The van der Waals surface area contributed by atoms with Crippen LogP contribution in [-0.4, -0.2) is 10.1 Å². The number of nitrogens with zero attached hydrogens (tertiary/aromatic N) is 1. The molecule has 134 valence electrons. The summed E-state index contributed by atoms with van der Waals surface area (Å²) < 4.78 is 5.81. The van der Waals surface area contributed by atoms with Crippen molar-refractivity contribution in [2.24, 2.45) is 0 Å². The van der Waals surface area contributed by atoms with Crippen LogP contribution in [0.3, 0.4) is 0 Å². The Hall–Kier alpha value is -2.36. The summed E-state index contributed by atoms with van der Waals surface area (Å²) in [6, 6.07) is 20.7. The highest BCUT2D eigenvalue weighted by Gasteiger charge is 2.29. The van der Waals surface area contributed by atoms with Crippen LogP contribution in [0.4, 0.5) is 0 Å². The molecule has 3 rings (SSSR count). The first kappa shape index (κ1) is 18.4. The SMILES string of the molecule is CCC(O)(c1ccc(Cl)cc1)c1ccc(OCc2cccc(C)n2)cc1. The van der Waals surface area contributed by atoms with Gasteiger partial charge in [-0.2, -0.15) is 0 Å². The number of hydrogen-bond donors (Lipinski definition) is 1. The molecule has 26 heavy (non-hydrogen) atoms. The van der Waals surface area contributed by atoms with Crippen LogP contribution in [0.2, 0.25) is 5.02 Å². The molecule has 2 aromatic carbocycles. The number of pyridine rings is 1. The number of aliphatic hydroxyl groups is 1. The van der Waals surface area contributed by atoms with Crippen LogP contribution in [0.5, 0.6) is 5.75 Å². The first-order valence-electron chi connectivity index (χ1n) is 8.65. The Morgan fingerprint density at radius 3 is 2.15 bits per heavy atom. The molecule has 0 saturated heterocycles. The zero-order valence-electron chi connectivity index (χ0n) is 14.9. The zero-order chi connectivity index (χ0) is 18.6. The molecule has 1 aromatic heterocycles. The minimum Gasteiger partial charge on any atom is -0.487 e. The van der Waals surface area contributed by atoms with Crippen molar-refractivity contribution >= 4 is 11.6 Å². The van der Waals surface area contributed by atoms with Gasteiger partial charge in [0, 0.05) is 10.7 Å². The Balaban J connectivity index is 1.76. The molecule has 0 amide bonds. The molecular formula is C22H22ClNO2. The maximum absolute atomic E-state index is 11.2. The van der Waals surface area contributed by atoms with E-state index in [4.69, 9.17) is 16.3 Å². The first-order valence-corrected chi connectivity index (χ1v) is 9.03. The largest absolute Gasteiger partial charge is 0.487 e. The highest BCUT2D eigenvalue weighted by molar-refractivity contribution is 6.30. The molecule has 1 atom stereocenters. The van der Waals surface area contributed by atoms with Gasteiger partial charge >= 0.3 is 0 Å². The number of benzene rings is 2.